The van der Waals surface area contributed by atoms with Gasteiger partial charge in [0, 0.05) is 5.38 Å². The van der Waals surface area contributed by atoms with Crippen molar-refractivity contribution in [1.82, 2.24) is 5.32 Å². The molecular weight excluding hydrogens is 307 g/mol. The predicted molar refractivity (Wildman–Crippen MR) is 81.9 cm³/mol. The molecule has 2 amide bonds. The molecule has 0 aliphatic carbocycles. The molecule has 2 aromatic rings. The Morgan fingerprint density at radius 2 is 1.86 bits per heavy atom. The topological polar surface area (TPSA) is 78.4 Å². The lowest BCUT2D eigenvalue weighted by Gasteiger charge is -2.20. The molecule has 2 rings (SSSR count). The molecule has 0 saturated heterocycles. The molecule has 2 unspecified atom stereocenters. The highest BCUT2D eigenvalue weighted by Gasteiger charge is 2.22. The Morgan fingerprint density at radius 1 is 1.18 bits per heavy atom. The van der Waals surface area contributed by atoms with Gasteiger partial charge in [-0.25, -0.2) is 4.39 Å². The molecule has 0 bridgehead atoms. The number of thiophene rings is 1. The molecule has 0 saturated carbocycles. The first kappa shape index (κ1) is 16.1. The van der Waals surface area contributed by atoms with Gasteiger partial charge < -0.3 is 15.7 Å². The van der Waals surface area contributed by atoms with Gasteiger partial charge in [-0.05, 0) is 36.1 Å². The van der Waals surface area contributed by atoms with Crippen molar-refractivity contribution in [3.05, 3.63) is 52.5 Å². The molecule has 1 heterocycles. The van der Waals surface area contributed by atoms with Crippen molar-refractivity contribution >= 4 is 28.8 Å². The fourth-order valence-corrected chi connectivity index (χ4v) is 2.41. The fraction of sp³-hybridized carbons (Fsp3) is 0.200. The van der Waals surface area contributed by atoms with Crippen molar-refractivity contribution in [3.63, 3.8) is 0 Å². The van der Waals surface area contributed by atoms with Crippen LogP contribution in [0.2, 0.25) is 0 Å². The van der Waals surface area contributed by atoms with Gasteiger partial charge in [0.15, 0.2) is 0 Å². The van der Waals surface area contributed by atoms with E-state index in [1.54, 1.807) is 23.8 Å². The maximum absolute atomic E-state index is 12.8. The lowest BCUT2D eigenvalue weighted by Crippen LogP contribution is -2.43. The van der Waals surface area contributed by atoms with Crippen LogP contribution in [0.4, 0.5) is 10.1 Å². The fourth-order valence-electron chi connectivity index (χ4n) is 1.82. The molecule has 0 aliphatic heterocycles. The lowest BCUT2D eigenvalue weighted by molar-refractivity contribution is -0.137. The number of carbonyl (C=O) groups excluding carboxylic acids is 2. The van der Waals surface area contributed by atoms with E-state index in [0.29, 0.717) is 11.3 Å². The quantitative estimate of drug-likeness (QED) is 0.754. The second kappa shape index (κ2) is 7.15. The van der Waals surface area contributed by atoms with Gasteiger partial charge in [-0.15, -0.1) is 0 Å². The van der Waals surface area contributed by atoms with Crippen LogP contribution in [-0.4, -0.2) is 23.0 Å². The highest BCUT2D eigenvalue weighted by atomic mass is 32.1. The molecule has 0 radical (unpaired) electrons. The van der Waals surface area contributed by atoms with Crippen LogP contribution < -0.4 is 10.6 Å². The van der Waals surface area contributed by atoms with Crippen molar-refractivity contribution in [2.75, 3.05) is 5.32 Å². The number of amides is 2. The molecule has 22 heavy (non-hydrogen) atoms. The molecule has 2 atom stereocenters. The van der Waals surface area contributed by atoms with Gasteiger partial charge in [0.25, 0.3) is 0 Å². The van der Waals surface area contributed by atoms with E-state index in [1.807, 2.05) is 0 Å². The molecule has 5 nitrogen and oxygen atoms in total. The van der Waals surface area contributed by atoms with Gasteiger partial charge >= 0.3 is 11.8 Å². The molecule has 1 aromatic heterocycles. The Kier molecular flexibility index (Phi) is 5.24. The molecule has 1 aromatic carbocycles. The summed E-state index contributed by atoms with van der Waals surface area (Å²) in [5.74, 6) is -2.07. The van der Waals surface area contributed by atoms with Gasteiger partial charge in [-0.1, -0.05) is 12.1 Å². The number of aliphatic hydroxyl groups is 1. The van der Waals surface area contributed by atoms with E-state index >= 15 is 0 Å². The van der Waals surface area contributed by atoms with Gasteiger partial charge in [0.1, 0.15) is 5.82 Å². The Bertz CT molecular complexity index is 643. The summed E-state index contributed by atoms with van der Waals surface area (Å²) in [4.78, 5) is 23.5. The summed E-state index contributed by atoms with van der Waals surface area (Å²) in [6, 6.07) is 6.26. The number of nitrogens with one attached hydrogen (secondary N) is 2. The van der Waals surface area contributed by atoms with Crippen molar-refractivity contribution in [1.29, 1.82) is 0 Å². The number of anilines is 1. The molecule has 0 aliphatic rings. The first-order valence-corrected chi connectivity index (χ1v) is 7.49. The Hall–Kier alpha value is -2.25. The van der Waals surface area contributed by atoms with Crippen molar-refractivity contribution in [2.24, 2.45) is 0 Å². The number of carbonyl (C=O) groups is 2. The number of benzene rings is 1. The SMILES string of the molecule is CC(NC(=O)C(=O)Nc1ccsc1)C(O)c1ccc(F)cc1. The average Bonchev–Trinajstić information content (AvgIpc) is 3.00. The highest BCUT2D eigenvalue weighted by molar-refractivity contribution is 7.08. The first-order chi connectivity index (χ1) is 10.5. The summed E-state index contributed by atoms with van der Waals surface area (Å²) in [5, 5.41) is 18.4. The molecule has 3 N–H and O–H groups in total. The minimum atomic E-state index is -1.04. The van der Waals surface area contributed by atoms with Crippen LogP contribution in [0.5, 0.6) is 0 Å². The van der Waals surface area contributed by atoms with Gasteiger partial charge in [-0.2, -0.15) is 11.3 Å². The predicted octanol–water partition coefficient (Wildman–Crippen LogP) is 2.06. The molecular formula is C15H15FN2O3S. The van der Waals surface area contributed by atoms with E-state index in [1.165, 1.54) is 35.6 Å². The number of hydrogen-bond acceptors (Lipinski definition) is 4. The number of halogens is 1. The maximum atomic E-state index is 12.8. The monoisotopic (exact) mass is 322 g/mol. The summed E-state index contributed by atoms with van der Waals surface area (Å²) in [5.41, 5.74) is 0.990. The molecule has 116 valence electrons. The smallest absolute Gasteiger partial charge is 0.313 e. The Labute approximate surface area is 130 Å². The van der Waals surface area contributed by atoms with Crippen molar-refractivity contribution in [2.45, 2.75) is 19.1 Å². The zero-order valence-electron chi connectivity index (χ0n) is 11.7. The van der Waals surface area contributed by atoms with Crippen LogP contribution in [0.25, 0.3) is 0 Å². The van der Waals surface area contributed by atoms with Crippen LogP contribution in [0, 0.1) is 5.82 Å². The second-order valence-electron chi connectivity index (χ2n) is 4.72. The average molecular weight is 322 g/mol. The summed E-state index contributed by atoms with van der Waals surface area (Å²) >= 11 is 1.39. The second-order valence-corrected chi connectivity index (χ2v) is 5.50. The third-order valence-electron chi connectivity index (χ3n) is 3.03. The molecule has 0 fully saturated rings. The number of rotatable bonds is 4. The standard InChI is InChI=1S/C15H15FN2O3S/c1-9(13(19)10-2-4-11(16)5-3-10)17-14(20)15(21)18-12-6-7-22-8-12/h2-9,13,19H,1H3,(H,17,20)(H,18,21). The Balaban J connectivity index is 1.92. The normalized spacial score (nSPS) is 13.2. The van der Waals surface area contributed by atoms with Crippen molar-refractivity contribution in [3.8, 4) is 0 Å². The molecule has 7 heteroatoms. The van der Waals surface area contributed by atoms with E-state index < -0.39 is 29.8 Å². The van der Waals surface area contributed by atoms with Gasteiger partial charge in [-0.3, -0.25) is 9.59 Å². The van der Waals surface area contributed by atoms with Crippen LogP contribution in [0.15, 0.2) is 41.1 Å². The van der Waals surface area contributed by atoms with E-state index in [9.17, 15) is 19.1 Å². The summed E-state index contributed by atoms with van der Waals surface area (Å²) in [6.07, 6.45) is -1.04. The number of hydrogen-bond donors (Lipinski definition) is 3. The third kappa shape index (κ3) is 4.12. The van der Waals surface area contributed by atoms with Crippen LogP contribution >= 0.6 is 11.3 Å². The largest absolute Gasteiger partial charge is 0.386 e. The van der Waals surface area contributed by atoms with Crippen LogP contribution in [0.1, 0.15) is 18.6 Å². The summed E-state index contributed by atoms with van der Waals surface area (Å²) in [6.45, 7) is 1.56. The molecule has 0 spiro atoms. The van der Waals surface area contributed by atoms with Crippen molar-refractivity contribution < 1.29 is 19.1 Å². The van der Waals surface area contributed by atoms with Gasteiger partial charge in [0.2, 0.25) is 0 Å². The third-order valence-corrected chi connectivity index (χ3v) is 3.71. The number of aliphatic hydroxyl groups excluding tert-OH is 1. The van der Waals surface area contributed by atoms with Gasteiger partial charge in [0.05, 0.1) is 17.8 Å². The Morgan fingerprint density at radius 3 is 2.45 bits per heavy atom. The zero-order valence-corrected chi connectivity index (χ0v) is 12.6. The summed E-state index contributed by atoms with van der Waals surface area (Å²) < 4.78 is 12.8. The first-order valence-electron chi connectivity index (χ1n) is 6.55. The van der Waals surface area contributed by atoms with E-state index in [-0.39, 0.29) is 0 Å². The van der Waals surface area contributed by atoms with E-state index in [0.717, 1.165) is 0 Å². The van der Waals surface area contributed by atoms with E-state index in [4.69, 9.17) is 0 Å². The zero-order chi connectivity index (χ0) is 16.1. The lowest BCUT2D eigenvalue weighted by atomic mass is 10.0. The van der Waals surface area contributed by atoms with E-state index in [2.05, 4.69) is 10.6 Å². The minimum absolute atomic E-state index is 0.414. The summed E-state index contributed by atoms with van der Waals surface area (Å²) in [7, 11) is 0. The van der Waals surface area contributed by atoms with Crippen LogP contribution in [0.3, 0.4) is 0 Å². The minimum Gasteiger partial charge on any atom is -0.386 e. The maximum Gasteiger partial charge on any atom is 0.313 e. The highest BCUT2D eigenvalue weighted by Crippen LogP contribution is 2.17. The van der Waals surface area contributed by atoms with Crippen LogP contribution in [-0.2, 0) is 9.59 Å².